The van der Waals surface area contributed by atoms with Crippen LogP contribution < -0.4 is 5.48 Å². The van der Waals surface area contributed by atoms with E-state index >= 15 is 0 Å². The minimum atomic E-state index is -1.22. The lowest BCUT2D eigenvalue weighted by atomic mass is 9.96. The van der Waals surface area contributed by atoms with Crippen molar-refractivity contribution in [2.24, 2.45) is 5.92 Å². The maximum absolute atomic E-state index is 13.6. The van der Waals surface area contributed by atoms with Gasteiger partial charge in [0.2, 0.25) is 0 Å². The lowest BCUT2D eigenvalue weighted by molar-refractivity contribution is -0.153. The summed E-state index contributed by atoms with van der Waals surface area (Å²) in [4.78, 5) is 71.3. The zero-order chi connectivity index (χ0) is 31.1. The summed E-state index contributed by atoms with van der Waals surface area (Å²) in [5.41, 5.74) is 3.57. The van der Waals surface area contributed by atoms with E-state index in [0.717, 1.165) is 5.56 Å². The number of nitrogens with one attached hydrogen (secondary N) is 1. The Hall–Kier alpha value is -3.63. The topological polar surface area (TPSA) is 200 Å². The molecule has 1 heterocycles. The first kappa shape index (κ1) is 34.6. The second-order valence-electron chi connectivity index (χ2n) is 10.3. The van der Waals surface area contributed by atoms with Gasteiger partial charge in [-0.1, -0.05) is 30.3 Å². The fourth-order valence-electron chi connectivity index (χ4n) is 4.64. The molecule has 2 rings (SSSR count). The highest BCUT2D eigenvalue weighted by atomic mass is 16.6. The summed E-state index contributed by atoms with van der Waals surface area (Å²) in [7, 11) is 1.94. The average molecular weight is 596 g/mol. The molecule has 234 valence electrons. The number of carbonyl (C=O) groups is 5. The number of hydroxylamine groups is 1. The molecule has 2 atom stereocenters. The van der Waals surface area contributed by atoms with Crippen molar-refractivity contribution in [2.45, 2.75) is 32.0 Å². The van der Waals surface area contributed by atoms with Gasteiger partial charge in [0.05, 0.1) is 26.2 Å². The van der Waals surface area contributed by atoms with Gasteiger partial charge in [-0.05, 0) is 37.9 Å². The van der Waals surface area contributed by atoms with Gasteiger partial charge in [-0.2, -0.15) is 5.48 Å². The van der Waals surface area contributed by atoms with Crippen LogP contribution in [0, 0.1) is 5.92 Å². The van der Waals surface area contributed by atoms with E-state index in [0.29, 0.717) is 26.2 Å². The first-order valence-corrected chi connectivity index (χ1v) is 13.7. The largest absolute Gasteiger partial charge is 0.481 e. The molecular weight excluding hydrogens is 554 g/mol. The Morgan fingerprint density at radius 2 is 1.40 bits per heavy atom. The number of hydrogen-bond donors (Lipinski definition) is 5. The van der Waals surface area contributed by atoms with E-state index in [4.69, 9.17) is 15.1 Å². The number of aliphatic carboxylic acids is 4. The Labute approximate surface area is 244 Å². The van der Waals surface area contributed by atoms with Gasteiger partial charge in [-0.25, -0.2) is 0 Å². The van der Waals surface area contributed by atoms with Crippen molar-refractivity contribution in [3.63, 3.8) is 0 Å². The Kier molecular flexibility index (Phi) is 14.8. The summed E-state index contributed by atoms with van der Waals surface area (Å²) < 4.78 is 0. The zero-order valence-electron chi connectivity index (χ0n) is 23.8. The first-order chi connectivity index (χ1) is 19.9. The number of rotatable bonds is 20. The number of nitrogens with zero attached hydrogens (tertiary/aromatic N) is 4. The summed E-state index contributed by atoms with van der Waals surface area (Å²) in [5, 5.41) is 37.3. The fraction of sp³-hybridized carbons (Fsp3) is 0.593. The summed E-state index contributed by atoms with van der Waals surface area (Å²) >= 11 is 0. The van der Waals surface area contributed by atoms with E-state index < -0.39 is 55.6 Å². The molecule has 1 aliphatic heterocycles. The highest BCUT2D eigenvalue weighted by molar-refractivity contribution is 5.82. The van der Waals surface area contributed by atoms with Gasteiger partial charge in [0, 0.05) is 39.1 Å². The van der Waals surface area contributed by atoms with Gasteiger partial charge in [0.15, 0.2) is 6.17 Å². The number of piperazine rings is 1. The maximum atomic E-state index is 13.6. The Morgan fingerprint density at radius 3 is 1.95 bits per heavy atom. The smallest absolute Gasteiger partial charge is 0.317 e. The first-order valence-electron chi connectivity index (χ1n) is 13.7. The second-order valence-corrected chi connectivity index (χ2v) is 10.3. The molecule has 15 nitrogen and oxygen atoms in total. The number of amides is 1. The van der Waals surface area contributed by atoms with E-state index in [2.05, 4.69) is 10.4 Å². The lowest BCUT2D eigenvalue weighted by Crippen LogP contribution is -2.60. The molecule has 1 saturated heterocycles. The third kappa shape index (κ3) is 13.4. The summed E-state index contributed by atoms with van der Waals surface area (Å²) in [6.45, 7) is 0.719. The van der Waals surface area contributed by atoms with Crippen LogP contribution in [-0.4, -0.2) is 142 Å². The molecule has 15 heteroatoms. The molecular formula is C27H41N5O10. The minimum absolute atomic E-state index is 0.00789. The predicted molar refractivity (Wildman–Crippen MR) is 148 cm³/mol. The SMILES string of the molecule is CN1CCN(C(=O)C(NOCc2ccccc2)N(CCC(CCN(CC(=O)O)CC(=O)O)CC(=O)O)CC(=O)O)CC1. The molecule has 0 saturated carbocycles. The minimum Gasteiger partial charge on any atom is -0.481 e. The van der Waals surface area contributed by atoms with Crippen molar-refractivity contribution in [1.29, 1.82) is 0 Å². The van der Waals surface area contributed by atoms with Crippen LogP contribution in [0.4, 0.5) is 0 Å². The van der Waals surface area contributed by atoms with E-state index in [9.17, 15) is 34.2 Å². The van der Waals surface area contributed by atoms with Gasteiger partial charge < -0.3 is 30.2 Å². The monoisotopic (exact) mass is 595 g/mol. The van der Waals surface area contributed by atoms with Crippen LogP contribution >= 0.6 is 0 Å². The molecule has 0 aromatic heterocycles. The second kappa shape index (κ2) is 18.0. The number of carboxylic acids is 4. The Bertz CT molecular complexity index is 1020. The molecule has 0 spiro atoms. The summed E-state index contributed by atoms with van der Waals surface area (Å²) in [6.07, 6.45) is -1.16. The van der Waals surface area contributed by atoms with Gasteiger partial charge >= 0.3 is 23.9 Å². The fourth-order valence-corrected chi connectivity index (χ4v) is 4.64. The van der Waals surface area contributed by atoms with Crippen molar-refractivity contribution < 1.29 is 49.2 Å². The molecule has 1 fully saturated rings. The van der Waals surface area contributed by atoms with Gasteiger partial charge in [0.25, 0.3) is 5.91 Å². The molecule has 2 unspecified atom stereocenters. The molecule has 1 aromatic rings. The maximum Gasteiger partial charge on any atom is 0.317 e. The average Bonchev–Trinajstić information content (AvgIpc) is 2.91. The lowest BCUT2D eigenvalue weighted by Gasteiger charge is -2.38. The van der Waals surface area contributed by atoms with Crippen LogP contribution in [0.25, 0.3) is 0 Å². The predicted octanol–water partition coefficient (Wildman–Crippen LogP) is -0.463. The van der Waals surface area contributed by atoms with Crippen molar-refractivity contribution >= 4 is 29.8 Å². The van der Waals surface area contributed by atoms with Gasteiger partial charge in [0.1, 0.15) is 0 Å². The summed E-state index contributed by atoms with van der Waals surface area (Å²) in [5.74, 6) is -5.66. The molecule has 0 aliphatic carbocycles. The van der Waals surface area contributed by atoms with Crippen molar-refractivity contribution in [1.82, 2.24) is 25.1 Å². The van der Waals surface area contributed by atoms with Crippen LogP contribution in [-0.2, 0) is 35.4 Å². The van der Waals surface area contributed by atoms with Crippen molar-refractivity contribution in [2.75, 3.05) is 66.0 Å². The highest BCUT2D eigenvalue weighted by Gasteiger charge is 2.33. The van der Waals surface area contributed by atoms with Crippen LogP contribution in [0.5, 0.6) is 0 Å². The molecule has 1 aromatic carbocycles. The summed E-state index contributed by atoms with van der Waals surface area (Å²) in [6, 6.07) is 9.18. The van der Waals surface area contributed by atoms with Crippen LogP contribution in [0.1, 0.15) is 24.8 Å². The normalized spacial score (nSPS) is 15.5. The molecule has 0 bridgehead atoms. The van der Waals surface area contributed by atoms with Crippen LogP contribution in [0.15, 0.2) is 30.3 Å². The van der Waals surface area contributed by atoms with Crippen molar-refractivity contribution in [3.8, 4) is 0 Å². The van der Waals surface area contributed by atoms with E-state index in [1.807, 2.05) is 37.4 Å². The van der Waals surface area contributed by atoms with E-state index in [1.165, 1.54) is 9.80 Å². The van der Waals surface area contributed by atoms with Gasteiger partial charge in [-0.3, -0.25) is 38.6 Å². The van der Waals surface area contributed by atoms with Crippen molar-refractivity contribution in [3.05, 3.63) is 35.9 Å². The number of carboxylic acid groups (broad SMARTS) is 4. The van der Waals surface area contributed by atoms with Crippen LogP contribution in [0.3, 0.4) is 0 Å². The molecule has 1 amide bonds. The molecule has 1 aliphatic rings. The highest BCUT2D eigenvalue weighted by Crippen LogP contribution is 2.17. The molecule has 42 heavy (non-hydrogen) atoms. The Morgan fingerprint density at radius 1 is 0.833 bits per heavy atom. The standard InChI is InChI=1S/C27H41N5O10/c1-29-11-13-31(14-12-29)27(41)26(28-42-19-21-5-3-2-4-6-21)32(18-25(39)40)10-8-20(15-22(33)34)7-9-30(16-23(35)36)17-24(37)38/h2-6,20,26,28H,7-19H2,1H3,(H,33,34)(H,35,36)(H,37,38)(H,39,40). The zero-order valence-corrected chi connectivity index (χ0v) is 23.8. The number of benzene rings is 1. The van der Waals surface area contributed by atoms with Crippen LogP contribution in [0.2, 0.25) is 0 Å². The Balaban J connectivity index is 2.19. The third-order valence-corrected chi connectivity index (χ3v) is 6.89. The van der Waals surface area contributed by atoms with Gasteiger partial charge in [-0.15, -0.1) is 0 Å². The number of carbonyl (C=O) groups excluding carboxylic acids is 1. The number of likely N-dealkylation sites (N-methyl/N-ethyl adjacent to an activating group) is 1. The van der Waals surface area contributed by atoms with E-state index in [-0.39, 0.29) is 44.9 Å². The third-order valence-electron chi connectivity index (χ3n) is 6.89. The van der Waals surface area contributed by atoms with E-state index in [1.54, 1.807) is 4.90 Å². The number of hydrogen-bond acceptors (Lipinski definition) is 10. The quantitative estimate of drug-likeness (QED) is 0.0957. The molecule has 5 N–H and O–H groups in total. The molecule has 0 radical (unpaired) electrons.